The molecule has 0 spiro atoms. The molecule has 70 valence electrons. The van der Waals surface area contributed by atoms with Crippen molar-refractivity contribution in [1.82, 2.24) is 4.98 Å². The summed E-state index contributed by atoms with van der Waals surface area (Å²) in [6.45, 7) is 1.70. The highest BCUT2D eigenvalue weighted by Crippen LogP contribution is 2.26. The molecule has 0 radical (unpaired) electrons. The molecule has 0 aromatic carbocycles. The van der Waals surface area contributed by atoms with Crippen molar-refractivity contribution in [2.24, 2.45) is 0 Å². The van der Waals surface area contributed by atoms with Gasteiger partial charge in [0.15, 0.2) is 0 Å². The highest BCUT2D eigenvalue weighted by atomic mass is 16.6. The molecule has 0 N–H and O–H groups in total. The maximum absolute atomic E-state index is 10.7. The predicted octanol–water partition coefficient (Wildman–Crippen LogP) is 1.36. The molecule has 1 rings (SSSR count). The van der Waals surface area contributed by atoms with Crippen LogP contribution in [0, 0.1) is 17.0 Å². The normalized spacial score (nSPS) is 9.77. The lowest BCUT2D eigenvalue weighted by Crippen LogP contribution is -2.13. The van der Waals surface area contributed by atoms with Gasteiger partial charge in [-0.15, -0.1) is 0 Å². The summed E-state index contributed by atoms with van der Waals surface area (Å²) in [6, 6.07) is 1.63. The lowest BCUT2D eigenvalue weighted by atomic mass is 10.2. The van der Waals surface area contributed by atoms with Crippen LogP contribution in [0.5, 0.6) is 0 Å². The summed E-state index contributed by atoms with van der Waals surface area (Å²) in [7, 11) is 3.46. The fourth-order valence-electron chi connectivity index (χ4n) is 1.09. The number of nitro groups is 1. The minimum Gasteiger partial charge on any atom is -0.357 e. The van der Waals surface area contributed by atoms with Gasteiger partial charge in [-0.25, -0.2) is 4.98 Å². The van der Waals surface area contributed by atoms with E-state index in [1.165, 1.54) is 0 Å². The van der Waals surface area contributed by atoms with Crippen molar-refractivity contribution in [2.75, 3.05) is 19.0 Å². The second-order valence-electron chi connectivity index (χ2n) is 2.95. The number of nitrogens with zero attached hydrogens (tertiary/aromatic N) is 3. The van der Waals surface area contributed by atoms with Crippen LogP contribution in [0.4, 0.5) is 11.5 Å². The molecule has 0 saturated carbocycles. The third kappa shape index (κ3) is 1.74. The topological polar surface area (TPSA) is 59.3 Å². The number of aryl methyl sites for hydroxylation is 1. The summed E-state index contributed by atoms with van der Waals surface area (Å²) < 4.78 is 0. The van der Waals surface area contributed by atoms with Crippen LogP contribution in [0.2, 0.25) is 0 Å². The molecular formula is C8H11N3O2. The molecule has 5 heteroatoms. The number of pyridine rings is 1. The van der Waals surface area contributed by atoms with E-state index >= 15 is 0 Å². The van der Waals surface area contributed by atoms with Gasteiger partial charge in [0.05, 0.1) is 4.92 Å². The zero-order valence-electron chi connectivity index (χ0n) is 7.81. The summed E-state index contributed by atoms with van der Waals surface area (Å²) in [4.78, 5) is 15.9. The first-order valence-corrected chi connectivity index (χ1v) is 3.81. The molecule has 0 amide bonds. The van der Waals surface area contributed by atoms with Gasteiger partial charge in [-0.05, 0) is 13.0 Å². The smallest absolute Gasteiger partial charge is 0.314 e. The van der Waals surface area contributed by atoms with Crippen LogP contribution >= 0.6 is 0 Å². The third-order valence-corrected chi connectivity index (χ3v) is 1.71. The van der Waals surface area contributed by atoms with Gasteiger partial charge in [-0.1, -0.05) is 0 Å². The van der Waals surface area contributed by atoms with Gasteiger partial charge in [0, 0.05) is 25.9 Å². The van der Waals surface area contributed by atoms with Crippen molar-refractivity contribution in [1.29, 1.82) is 0 Å². The Morgan fingerprint density at radius 1 is 1.54 bits per heavy atom. The van der Waals surface area contributed by atoms with E-state index in [1.807, 2.05) is 0 Å². The average molecular weight is 181 g/mol. The molecular weight excluding hydrogens is 170 g/mol. The average Bonchev–Trinajstić information content (AvgIpc) is 2.02. The summed E-state index contributed by atoms with van der Waals surface area (Å²) in [5, 5.41) is 10.7. The molecule has 0 bridgehead atoms. The van der Waals surface area contributed by atoms with Gasteiger partial charge in [-0.3, -0.25) is 10.1 Å². The second kappa shape index (κ2) is 3.38. The first-order valence-electron chi connectivity index (χ1n) is 3.81. The van der Waals surface area contributed by atoms with Gasteiger partial charge in [0.2, 0.25) is 5.82 Å². The van der Waals surface area contributed by atoms with E-state index < -0.39 is 4.92 Å². The Morgan fingerprint density at radius 3 is 2.54 bits per heavy atom. The van der Waals surface area contributed by atoms with E-state index in [2.05, 4.69) is 4.98 Å². The first-order chi connectivity index (χ1) is 6.04. The van der Waals surface area contributed by atoms with Crippen molar-refractivity contribution in [3.63, 3.8) is 0 Å². The fourth-order valence-corrected chi connectivity index (χ4v) is 1.09. The van der Waals surface area contributed by atoms with Crippen LogP contribution < -0.4 is 4.90 Å². The van der Waals surface area contributed by atoms with Crippen molar-refractivity contribution in [3.05, 3.63) is 27.9 Å². The Bertz CT molecular complexity index is 336. The molecule has 0 fully saturated rings. The van der Waals surface area contributed by atoms with Gasteiger partial charge in [0.1, 0.15) is 0 Å². The van der Waals surface area contributed by atoms with Crippen molar-refractivity contribution >= 4 is 11.5 Å². The zero-order chi connectivity index (χ0) is 10.0. The molecule has 1 heterocycles. The van der Waals surface area contributed by atoms with E-state index in [0.29, 0.717) is 11.4 Å². The summed E-state index contributed by atoms with van der Waals surface area (Å²) in [5.41, 5.74) is 0.705. The van der Waals surface area contributed by atoms with E-state index in [9.17, 15) is 10.1 Å². The molecule has 0 unspecified atom stereocenters. The van der Waals surface area contributed by atoms with Crippen molar-refractivity contribution in [3.8, 4) is 0 Å². The number of hydrogen-bond donors (Lipinski definition) is 0. The molecule has 13 heavy (non-hydrogen) atoms. The number of aromatic nitrogens is 1. The van der Waals surface area contributed by atoms with Gasteiger partial charge >= 0.3 is 5.69 Å². The van der Waals surface area contributed by atoms with Crippen LogP contribution in [0.1, 0.15) is 5.56 Å². The van der Waals surface area contributed by atoms with Crippen molar-refractivity contribution in [2.45, 2.75) is 6.92 Å². The molecule has 0 aliphatic heterocycles. The zero-order valence-corrected chi connectivity index (χ0v) is 7.81. The van der Waals surface area contributed by atoms with E-state index in [1.54, 1.807) is 38.2 Å². The van der Waals surface area contributed by atoms with E-state index in [4.69, 9.17) is 0 Å². The molecule has 0 aliphatic rings. The van der Waals surface area contributed by atoms with Crippen LogP contribution in [0.15, 0.2) is 12.3 Å². The second-order valence-corrected chi connectivity index (χ2v) is 2.95. The first kappa shape index (κ1) is 9.44. The van der Waals surface area contributed by atoms with Gasteiger partial charge in [0.25, 0.3) is 0 Å². The maximum Gasteiger partial charge on any atom is 0.314 e. The lowest BCUT2D eigenvalue weighted by Gasteiger charge is -2.11. The molecule has 0 aliphatic carbocycles. The standard InChI is InChI=1S/C8H11N3O2/c1-6-4-5-9-8(10(2)3)7(6)11(12)13/h4-5H,1-3H3. The number of hydrogen-bond acceptors (Lipinski definition) is 4. The summed E-state index contributed by atoms with van der Waals surface area (Å²) in [6.07, 6.45) is 1.57. The van der Waals surface area contributed by atoms with Crippen molar-refractivity contribution < 1.29 is 4.92 Å². The molecule has 1 aromatic rings. The number of anilines is 1. The van der Waals surface area contributed by atoms with Crippen LogP contribution in [-0.4, -0.2) is 24.0 Å². The third-order valence-electron chi connectivity index (χ3n) is 1.71. The number of rotatable bonds is 2. The Labute approximate surface area is 76.2 Å². The molecule has 0 saturated heterocycles. The fraction of sp³-hybridized carbons (Fsp3) is 0.375. The minimum absolute atomic E-state index is 0.0764. The summed E-state index contributed by atoms with van der Waals surface area (Å²) in [5.74, 6) is 0.394. The van der Waals surface area contributed by atoms with Gasteiger partial charge in [-0.2, -0.15) is 0 Å². The Balaban J connectivity index is 3.34. The SMILES string of the molecule is Cc1ccnc(N(C)C)c1[N+](=O)[O-]. The van der Waals surface area contributed by atoms with Crippen LogP contribution in [0.3, 0.4) is 0 Å². The van der Waals surface area contributed by atoms with Gasteiger partial charge < -0.3 is 4.90 Å². The maximum atomic E-state index is 10.7. The van der Waals surface area contributed by atoms with E-state index in [-0.39, 0.29) is 5.69 Å². The quantitative estimate of drug-likeness (QED) is 0.510. The Morgan fingerprint density at radius 2 is 2.15 bits per heavy atom. The predicted molar refractivity (Wildman–Crippen MR) is 50.0 cm³/mol. The summed E-state index contributed by atoms with van der Waals surface area (Å²) >= 11 is 0. The van der Waals surface area contributed by atoms with E-state index in [0.717, 1.165) is 0 Å². The molecule has 1 aromatic heterocycles. The highest BCUT2D eigenvalue weighted by molar-refractivity contribution is 5.60. The monoisotopic (exact) mass is 181 g/mol. The molecule has 0 atom stereocenters. The highest BCUT2D eigenvalue weighted by Gasteiger charge is 2.19. The van der Waals surface area contributed by atoms with Crippen LogP contribution in [0.25, 0.3) is 0 Å². The lowest BCUT2D eigenvalue weighted by molar-refractivity contribution is -0.384. The Kier molecular flexibility index (Phi) is 2.46. The largest absolute Gasteiger partial charge is 0.357 e. The molecule has 5 nitrogen and oxygen atoms in total. The van der Waals surface area contributed by atoms with Crippen LogP contribution in [-0.2, 0) is 0 Å². The minimum atomic E-state index is -0.405. The Hall–Kier alpha value is -1.65.